The molecular weight excluding hydrogens is 347 g/mol. The quantitative estimate of drug-likeness (QED) is 0.450. The third-order valence-electron chi connectivity index (χ3n) is 3.53. The Morgan fingerprint density at radius 1 is 1.32 bits per heavy atom. The fourth-order valence-electron chi connectivity index (χ4n) is 2.43. The maximum Gasteiger partial charge on any atom is 0.412 e. The van der Waals surface area contributed by atoms with Crippen LogP contribution in [0.5, 0.6) is 0 Å². The molecule has 0 radical (unpaired) electrons. The number of benzene rings is 2. The molecule has 0 aliphatic heterocycles. The van der Waals surface area contributed by atoms with Crippen LogP contribution in [-0.4, -0.2) is 21.9 Å². The molecule has 132 valence electrons. The second kappa shape index (κ2) is 7.98. The smallest absolute Gasteiger partial charge is 0.412 e. The number of thioether (sulfide) groups is 1. The molecule has 0 heterocycles. The van der Waals surface area contributed by atoms with E-state index in [9.17, 15) is 24.4 Å². The molecule has 25 heavy (non-hydrogen) atoms. The van der Waals surface area contributed by atoms with Gasteiger partial charge in [0.15, 0.2) is 0 Å². The fourth-order valence-corrected chi connectivity index (χ4v) is 3.31. The predicted molar refractivity (Wildman–Crippen MR) is 94.8 cm³/mol. The van der Waals surface area contributed by atoms with Gasteiger partial charge in [0.2, 0.25) is 0 Å². The largest absolute Gasteiger partial charge is 0.465 e. The molecule has 2 aromatic rings. The van der Waals surface area contributed by atoms with Gasteiger partial charge in [0.25, 0.3) is 5.69 Å². The van der Waals surface area contributed by atoms with E-state index in [4.69, 9.17) is 0 Å². The van der Waals surface area contributed by atoms with E-state index in [1.807, 2.05) is 6.92 Å². The zero-order valence-electron chi connectivity index (χ0n) is 13.7. The van der Waals surface area contributed by atoms with E-state index < -0.39 is 16.8 Å². The van der Waals surface area contributed by atoms with E-state index in [-0.39, 0.29) is 12.2 Å². The summed E-state index contributed by atoms with van der Waals surface area (Å²) in [5.74, 6) is 0.216. The van der Waals surface area contributed by atoms with Gasteiger partial charge < -0.3 is 5.11 Å². The molecule has 0 aliphatic rings. The first-order chi connectivity index (χ1) is 11.8. The van der Waals surface area contributed by atoms with Gasteiger partial charge in [-0.25, -0.2) is 9.18 Å². The molecule has 0 fully saturated rings. The zero-order chi connectivity index (χ0) is 18.6. The van der Waals surface area contributed by atoms with Crippen LogP contribution in [0.15, 0.2) is 41.3 Å². The van der Waals surface area contributed by atoms with Crippen LogP contribution in [-0.2, 0) is 6.54 Å². The van der Waals surface area contributed by atoms with Crippen LogP contribution in [0.25, 0.3) is 0 Å². The SMILES string of the molecule is CCSc1cc(N(Cc2ccc(F)cc2)C(=O)O)cc(C)c1[N+](=O)[O-]. The van der Waals surface area contributed by atoms with Crippen molar-refractivity contribution in [3.05, 3.63) is 63.5 Å². The Labute approximate surface area is 148 Å². The van der Waals surface area contributed by atoms with Crippen molar-refractivity contribution in [2.45, 2.75) is 25.3 Å². The molecule has 2 rings (SSSR count). The number of carboxylic acid groups (broad SMARTS) is 1. The number of rotatable bonds is 6. The number of nitro groups is 1. The Morgan fingerprint density at radius 2 is 1.96 bits per heavy atom. The van der Waals surface area contributed by atoms with Gasteiger partial charge in [0.1, 0.15) is 5.82 Å². The lowest BCUT2D eigenvalue weighted by Gasteiger charge is -2.21. The van der Waals surface area contributed by atoms with Gasteiger partial charge >= 0.3 is 6.09 Å². The van der Waals surface area contributed by atoms with Crippen LogP contribution >= 0.6 is 11.8 Å². The lowest BCUT2D eigenvalue weighted by atomic mass is 10.1. The van der Waals surface area contributed by atoms with E-state index in [2.05, 4.69) is 0 Å². The van der Waals surface area contributed by atoms with E-state index in [0.717, 1.165) is 4.90 Å². The van der Waals surface area contributed by atoms with Gasteiger partial charge in [-0.2, -0.15) is 0 Å². The maximum atomic E-state index is 13.0. The minimum absolute atomic E-state index is 0.0114. The summed E-state index contributed by atoms with van der Waals surface area (Å²) in [6, 6.07) is 8.52. The van der Waals surface area contributed by atoms with Gasteiger partial charge in [-0.1, -0.05) is 19.1 Å². The molecule has 1 N–H and O–H groups in total. The Kier molecular flexibility index (Phi) is 5.97. The highest BCUT2D eigenvalue weighted by atomic mass is 32.2. The Hall–Kier alpha value is -2.61. The van der Waals surface area contributed by atoms with Crippen molar-refractivity contribution >= 4 is 29.2 Å². The minimum Gasteiger partial charge on any atom is -0.465 e. The van der Waals surface area contributed by atoms with Crippen LogP contribution in [0, 0.1) is 22.9 Å². The number of amides is 1. The molecule has 2 aromatic carbocycles. The molecule has 0 saturated heterocycles. The second-order valence-electron chi connectivity index (χ2n) is 5.29. The first-order valence-electron chi connectivity index (χ1n) is 7.50. The number of hydrogen-bond acceptors (Lipinski definition) is 4. The van der Waals surface area contributed by atoms with Crippen molar-refractivity contribution in [1.82, 2.24) is 0 Å². The van der Waals surface area contributed by atoms with Crippen molar-refractivity contribution in [3.63, 3.8) is 0 Å². The Morgan fingerprint density at radius 3 is 2.48 bits per heavy atom. The number of hydrogen-bond donors (Lipinski definition) is 1. The molecule has 0 saturated carbocycles. The van der Waals surface area contributed by atoms with Crippen molar-refractivity contribution in [1.29, 1.82) is 0 Å². The van der Waals surface area contributed by atoms with Gasteiger partial charge in [-0.3, -0.25) is 15.0 Å². The lowest BCUT2D eigenvalue weighted by Crippen LogP contribution is -2.28. The van der Waals surface area contributed by atoms with Crippen molar-refractivity contribution < 1.29 is 19.2 Å². The third-order valence-corrected chi connectivity index (χ3v) is 4.44. The normalized spacial score (nSPS) is 10.5. The van der Waals surface area contributed by atoms with Crippen molar-refractivity contribution in [2.24, 2.45) is 0 Å². The average Bonchev–Trinajstić information content (AvgIpc) is 2.53. The molecule has 8 heteroatoms. The molecular formula is C17H17FN2O4S. The summed E-state index contributed by atoms with van der Waals surface area (Å²) in [7, 11) is 0. The number of nitrogens with zero attached hydrogens (tertiary/aromatic N) is 2. The van der Waals surface area contributed by atoms with Gasteiger partial charge in [-0.05, 0) is 42.5 Å². The molecule has 0 unspecified atom stereocenters. The highest BCUT2D eigenvalue weighted by molar-refractivity contribution is 7.99. The van der Waals surface area contributed by atoms with E-state index in [0.29, 0.717) is 27.5 Å². The number of aryl methyl sites for hydroxylation is 1. The second-order valence-corrected chi connectivity index (χ2v) is 6.60. The maximum absolute atomic E-state index is 13.0. The third kappa shape index (κ3) is 4.48. The van der Waals surface area contributed by atoms with E-state index in [1.54, 1.807) is 6.92 Å². The van der Waals surface area contributed by atoms with Crippen LogP contribution < -0.4 is 4.90 Å². The molecule has 6 nitrogen and oxygen atoms in total. The highest BCUT2D eigenvalue weighted by Gasteiger charge is 2.23. The molecule has 0 atom stereocenters. The number of nitro benzene ring substituents is 1. The predicted octanol–water partition coefficient (Wildman–Crippen LogP) is 4.84. The van der Waals surface area contributed by atoms with Crippen LogP contribution in [0.3, 0.4) is 0 Å². The van der Waals surface area contributed by atoms with Gasteiger partial charge in [-0.15, -0.1) is 11.8 Å². The molecule has 0 bridgehead atoms. The topological polar surface area (TPSA) is 83.7 Å². The number of carbonyl (C=O) groups is 1. The first-order valence-corrected chi connectivity index (χ1v) is 8.48. The highest BCUT2D eigenvalue weighted by Crippen LogP contribution is 2.36. The standard InChI is InChI=1S/C17H17FN2O4S/c1-3-25-15-9-14(8-11(2)16(15)20(23)24)19(17(21)22)10-12-4-6-13(18)7-5-12/h4-9H,3,10H2,1-2H3,(H,21,22). The Bertz CT molecular complexity index is 796. The molecule has 0 aromatic heterocycles. The van der Waals surface area contributed by atoms with Gasteiger partial charge in [0.05, 0.1) is 16.4 Å². The summed E-state index contributed by atoms with van der Waals surface area (Å²) in [6.07, 6.45) is -1.19. The Balaban J connectivity index is 2.45. The lowest BCUT2D eigenvalue weighted by molar-refractivity contribution is -0.388. The van der Waals surface area contributed by atoms with Crippen LogP contribution in [0.4, 0.5) is 20.6 Å². The first kappa shape index (κ1) is 18.7. The minimum atomic E-state index is -1.19. The summed E-state index contributed by atoms with van der Waals surface area (Å²) < 4.78 is 13.0. The molecule has 0 aliphatic carbocycles. The summed E-state index contributed by atoms with van der Waals surface area (Å²) in [6.45, 7) is 3.46. The fraction of sp³-hybridized carbons (Fsp3) is 0.235. The van der Waals surface area contributed by atoms with Crippen LogP contribution in [0.2, 0.25) is 0 Å². The molecule has 1 amide bonds. The van der Waals surface area contributed by atoms with E-state index >= 15 is 0 Å². The summed E-state index contributed by atoms with van der Waals surface area (Å²) in [5.41, 5.74) is 1.34. The number of anilines is 1. The molecule has 0 spiro atoms. The van der Waals surface area contributed by atoms with Crippen molar-refractivity contribution in [2.75, 3.05) is 10.7 Å². The summed E-state index contributed by atoms with van der Waals surface area (Å²) >= 11 is 1.29. The zero-order valence-corrected chi connectivity index (χ0v) is 14.5. The van der Waals surface area contributed by atoms with Crippen molar-refractivity contribution in [3.8, 4) is 0 Å². The van der Waals surface area contributed by atoms with Crippen LogP contribution in [0.1, 0.15) is 18.1 Å². The monoisotopic (exact) mass is 364 g/mol. The summed E-state index contributed by atoms with van der Waals surface area (Å²) in [4.78, 5) is 24.0. The average molecular weight is 364 g/mol. The number of halogens is 1. The van der Waals surface area contributed by atoms with Gasteiger partial charge in [0, 0.05) is 11.3 Å². The van der Waals surface area contributed by atoms with E-state index in [1.165, 1.54) is 48.2 Å². The summed E-state index contributed by atoms with van der Waals surface area (Å²) in [5, 5.41) is 20.8.